The Morgan fingerprint density at radius 1 is 1.14 bits per heavy atom. The molecule has 3 aliphatic rings. The summed E-state index contributed by atoms with van der Waals surface area (Å²) >= 11 is 0. The molecule has 4 rings (SSSR count). The number of likely N-dealkylation sites (tertiary alicyclic amines) is 2. The van der Waals surface area contributed by atoms with E-state index in [0.29, 0.717) is 0 Å². The third kappa shape index (κ3) is 2.62. The smallest absolute Gasteiger partial charge is 0.0534 e. The van der Waals surface area contributed by atoms with Crippen molar-refractivity contribution in [3.8, 4) is 0 Å². The van der Waals surface area contributed by atoms with E-state index in [4.69, 9.17) is 4.74 Å². The summed E-state index contributed by atoms with van der Waals surface area (Å²) in [4.78, 5) is 5.48. The summed E-state index contributed by atoms with van der Waals surface area (Å²) in [5.41, 5.74) is 1.35. The molecule has 5 heteroatoms. The topological polar surface area (TPSA) is 33.5 Å². The molecule has 0 N–H and O–H groups in total. The molecule has 4 heterocycles. The van der Waals surface area contributed by atoms with E-state index in [9.17, 15) is 0 Å². The minimum Gasteiger partial charge on any atom is -0.381 e. The van der Waals surface area contributed by atoms with Gasteiger partial charge in [-0.3, -0.25) is 14.5 Å². The van der Waals surface area contributed by atoms with Crippen molar-refractivity contribution in [1.29, 1.82) is 0 Å². The summed E-state index contributed by atoms with van der Waals surface area (Å²) in [6, 6.07) is 2.31. The van der Waals surface area contributed by atoms with Crippen molar-refractivity contribution in [3.05, 3.63) is 18.0 Å². The standard InChI is InChI=1S/C16H26N4O/c1-18-11-13(10-17-18)12-19-6-2-16-15(19)3-7-20(16)14-4-8-21-9-5-14/h10-11,14-16H,2-9,12H2,1H3/t15-,16+/m0/s1. The van der Waals surface area contributed by atoms with Gasteiger partial charge < -0.3 is 4.74 Å². The number of ether oxygens (including phenoxy) is 1. The third-order valence-electron chi connectivity index (χ3n) is 5.54. The molecular weight excluding hydrogens is 264 g/mol. The van der Waals surface area contributed by atoms with E-state index < -0.39 is 0 Å². The maximum Gasteiger partial charge on any atom is 0.0534 e. The van der Waals surface area contributed by atoms with Gasteiger partial charge in [-0.05, 0) is 25.7 Å². The molecule has 0 bridgehead atoms. The SMILES string of the molecule is Cn1cc(CN2CC[C@@H]3[C@@H]2CCN3C2CCOCC2)cn1. The number of rotatable bonds is 3. The second-order valence-corrected chi connectivity index (χ2v) is 6.79. The van der Waals surface area contributed by atoms with Crippen molar-refractivity contribution in [1.82, 2.24) is 19.6 Å². The Labute approximate surface area is 126 Å². The lowest BCUT2D eigenvalue weighted by Gasteiger charge is -2.35. The maximum absolute atomic E-state index is 5.53. The third-order valence-corrected chi connectivity index (χ3v) is 5.54. The second kappa shape index (κ2) is 5.71. The van der Waals surface area contributed by atoms with E-state index >= 15 is 0 Å². The molecule has 5 nitrogen and oxygen atoms in total. The molecule has 0 unspecified atom stereocenters. The van der Waals surface area contributed by atoms with E-state index in [1.165, 1.54) is 44.3 Å². The molecule has 0 amide bonds. The Morgan fingerprint density at radius 2 is 1.95 bits per heavy atom. The van der Waals surface area contributed by atoms with Gasteiger partial charge in [-0.2, -0.15) is 5.10 Å². The molecule has 2 atom stereocenters. The molecule has 0 radical (unpaired) electrons. The predicted molar refractivity (Wildman–Crippen MR) is 81.0 cm³/mol. The molecule has 21 heavy (non-hydrogen) atoms. The molecule has 3 saturated heterocycles. The van der Waals surface area contributed by atoms with Crippen LogP contribution in [0.1, 0.15) is 31.2 Å². The van der Waals surface area contributed by atoms with Crippen molar-refractivity contribution in [3.63, 3.8) is 0 Å². The molecule has 0 aliphatic carbocycles. The van der Waals surface area contributed by atoms with Crippen molar-refractivity contribution in [2.45, 2.75) is 50.4 Å². The Hall–Kier alpha value is -0.910. The van der Waals surface area contributed by atoms with Crippen molar-refractivity contribution in [2.75, 3.05) is 26.3 Å². The largest absolute Gasteiger partial charge is 0.381 e. The fourth-order valence-electron chi connectivity index (χ4n) is 4.56. The lowest BCUT2D eigenvalue weighted by atomic mass is 10.0. The lowest BCUT2D eigenvalue weighted by Crippen LogP contribution is -2.44. The van der Waals surface area contributed by atoms with Crippen LogP contribution >= 0.6 is 0 Å². The Bertz CT molecular complexity index is 482. The number of fused-ring (bicyclic) bond motifs is 1. The highest BCUT2D eigenvalue weighted by Gasteiger charge is 2.44. The first-order chi connectivity index (χ1) is 10.3. The normalized spacial score (nSPS) is 31.9. The average Bonchev–Trinajstić information content (AvgIpc) is 3.18. The van der Waals surface area contributed by atoms with Crippen LogP contribution in [0.2, 0.25) is 0 Å². The van der Waals surface area contributed by atoms with E-state index in [1.807, 2.05) is 17.9 Å². The van der Waals surface area contributed by atoms with Crippen LogP contribution in [0.15, 0.2) is 12.4 Å². The van der Waals surface area contributed by atoms with Crippen LogP contribution in [-0.4, -0.2) is 64.0 Å². The molecule has 3 aliphatic heterocycles. The van der Waals surface area contributed by atoms with Gasteiger partial charge in [-0.15, -0.1) is 0 Å². The average molecular weight is 290 g/mol. The van der Waals surface area contributed by atoms with E-state index in [0.717, 1.165) is 37.9 Å². The first-order valence-corrected chi connectivity index (χ1v) is 8.36. The number of nitrogens with zero attached hydrogens (tertiary/aromatic N) is 4. The van der Waals surface area contributed by atoms with Gasteiger partial charge >= 0.3 is 0 Å². The first kappa shape index (κ1) is 13.7. The lowest BCUT2D eigenvalue weighted by molar-refractivity contribution is 0.0287. The monoisotopic (exact) mass is 290 g/mol. The fourth-order valence-corrected chi connectivity index (χ4v) is 4.56. The number of aromatic nitrogens is 2. The van der Waals surface area contributed by atoms with Gasteiger partial charge in [0, 0.05) is 69.8 Å². The molecular formula is C16H26N4O. The second-order valence-electron chi connectivity index (χ2n) is 6.79. The van der Waals surface area contributed by atoms with Gasteiger partial charge in [-0.25, -0.2) is 0 Å². The van der Waals surface area contributed by atoms with Crippen molar-refractivity contribution in [2.24, 2.45) is 7.05 Å². The van der Waals surface area contributed by atoms with E-state index in [-0.39, 0.29) is 0 Å². The van der Waals surface area contributed by atoms with Crippen LogP contribution in [0, 0.1) is 0 Å². The van der Waals surface area contributed by atoms with Crippen LogP contribution < -0.4 is 0 Å². The van der Waals surface area contributed by atoms with Gasteiger partial charge in [-0.1, -0.05) is 0 Å². The number of aryl methyl sites for hydroxylation is 1. The highest BCUT2D eigenvalue weighted by Crippen LogP contribution is 2.35. The summed E-state index contributed by atoms with van der Waals surface area (Å²) in [5, 5.41) is 4.30. The van der Waals surface area contributed by atoms with Crippen LogP contribution in [0.3, 0.4) is 0 Å². The zero-order chi connectivity index (χ0) is 14.2. The van der Waals surface area contributed by atoms with Crippen molar-refractivity contribution >= 4 is 0 Å². The number of hydrogen-bond donors (Lipinski definition) is 0. The Morgan fingerprint density at radius 3 is 2.71 bits per heavy atom. The van der Waals surface area contributed by atoms with E-state index in [2.05, 4.69) is 21.1 Å². The predicted octanol–water partition coefficient (Wildman–Crippen LogP) is 1.25. The minimum atomic E-state index is 0.757. The molecule has 0 aromatic carbocycles. The summed E-state index contributed by atoms with van der Waals surface area (Å²) in [7, 11) is 2.00. The number of hydrogen-bond acceptors (Lipinski definition) is 4. The molecule has 1 aromatic heterocycles. The van der Waals surface area contributed by atoms with Gasteiger partial charge in [0.25, 0.3) is 0 Å². The zero-order valence-corrected chi connectivity index (χ0v) is 12.9. The molecule has 116 valence electrons. The summed E-state index contributed by atoms with van der Waals surface area (Å²) in [6.45, 7) is 5.50. The first-order valence-electron chi connectivity index (χ1n) is 8.36. The van der Waals surface area contributed by atoms with E-state index in [1.54, 1.807) is 0 Å². The molecule has 0 saturated carbocycles. The summed E-state index contributed by atoms with van der Waals surface area (Å²) in [5.74, 6) is 0. The van der Waals surface area contributed by atoms with Crippen LogP contribution in [0.5, 0.6) is 0 Å². The Balaban J connectivity index is 1.41. The highest BCUT2D eigenvalue weighted by atomic mass is 16.5. The van der Waals surface area contributed by atoms with Gasteiger partial charge in [0.2, 0.25) is 0 Å². The van der Waals surface area contributed by atoms with Crippen molar-refractivity contribution < 1.29 is 4.74 Å². The highest BCUT2D eigenvalue weighted by molar-refractivity contribution is 5.07. The quantitative estimate of drug-likeness (QED) is 0.839. The maximum atomic E-state index is 5.53. The van der Waals surface area contributed by atoms with Gasteiger partial charge in [0.05, 0.1) is 6.20 Å². The summed E-state index contributed by atoms with van der Waals surface area (Å²) < 4.78 is 7.44. The zero-order valence-electron chi connectivity index (χ0n) is 12.9. The van der Waals surface area contributed by atoms with Crippen LogP contribution in [0.25, 0.3) is 0 Å². The van der Waals surface area contributed by atoms with Gasteiger partial charge in [0.1, 0.15) is 0 Å². The molecule has 1 aromatic rings. The summed E-state index contributed by atoms with van der Waals surface area (Å²) in [6.07, 6.45) is 9.29. The van der Waals surface area contributed by atoms with Gasteiger partial charge in [0.15, 0.2) is 0 Å². The molecule has 0 spiro atoms. The van der Waals surface area contributed by atoms with Crippen LogP contribution in [0.4, 0.5) is 0 Å². The Kier molecular flexibility index (Phi) is 3.73. The fraction of sp³-hybridized carbons (Fsp3) is 0.812. The minimum absolute atomic E-state index is 0.757. The van der Waals surface area contributed by atoms with Crippen LogP contribution in [-0.2, 0) is 18.3 Å². The molecule has 3 fully saturated rings.